The molecular formula is C12H16ClN3O. The predicted molar refractivity (Wildman–Crippen MR) is 68.1 cm³/mol. The molecule has 0 saturated carbocycles. The van der Waals surface area contributed by atoms with Crippen LogP contribution in [-0.4, -0.2) is 19.6 Å². The summed E-state index contributed by atoms with van der Waals surface area (Å²) in [6.07, 6.45) is 1.51. The zero-order valence-corrected chi connectivity index (χ0v) is 11.2. The molecule has 17 heavy (non-hydrogen) atoms. The molecule has 4 nitrogen and oxygen atoms in total. The number of rotatable bonds is 1. The Hall–Kier alpha value is -1.13. The zero-order valence-electron chi connectivity index (χ0n) is 10.5. The fourth-order valence-corrected chi connectivity index (χ4v) is 2.46. The van der Waals surface area contributed by atoms with E-state index in [4.69, 9.17) is 11.6 Å². The highest BCUT2D eigenvalue weighted by atomic mass is 35.5. The lowest BCUT2D eigenvalue weighted by Gasteiger charge is -2.21. The number of aryl methyl sites for hydroxylation is 1. The largest absolute Gasteiger partial charge is 0.392 e. The lowest BCUT2D eigenvalue weighted by Crippen LogP contribution is -2.18. The van der Waals surface area contributed by atoms with Crippen molar-refractivity contribution in [1.29, 1.82) is 0 Å². The van der Waals surface area contributed by atoms with E-state index in [0.29, 0.717) is 10.8 Å². The maximum atomic E-state index is 9.55. The number of fused-ring (bicyclic) bond motifs is 1. The van der Waals surface area contributed by atoms with Crippen LogP contribution >= 0.6 is 11.6 Å². The first-order valence-electron chi connectivity index (χ1n) is 5.47. The molecular weight excluding hydrogens is 238 g/mol. The van der Waals surface area contributed by atoms with Gasteiger partial charge in [-0.15, -0.1) is 0 Å². The molecule has 0 aliphatic carbocycles. The zero-order chi connectivity index (χ0) is 12.8. The minimum atomic E-state index is -0.0817. The Bertz CT molecular complexity index is 569. The van der Waals surface area contributed by atoms with Crippen LogP contribution in [0.2, 0.25) is 5.15 Å². The van der Waals surface area contributed by atoms with Gasteiger partial charge in [0.15, 0.2) is 5.65 Å². The number of nitrogens with zero attached hydrogens (tertiary/aromatic N) is 3. The highest BCUT2D eigenvalue weighted by molar-refractivity contribution is 6.29. The smallest absolute Gasteiger partial charge is 0.160 e. The maximum absolute atomic E-state index is 9.55. The van der Waals surface area contributed by atoms with Gasteiger partial charge in [-0.2, -0.15) is 0 Å². The summed E-state index contributed by atoms with van der Waals surface area (Å²) in [4.78, 5) is 8.54. The van der Waals surface area contributed by atoms with Gasteiger partial charge in [0.1, 0.15) is 10.7 Å². The van der Waals surface area contributed by atoms with Crippen LogP contribution in [0.25, 0.3) is 11.2 Å². The predicted octanol–water partition coefficient (Wildman–Crippen LogP) is 2.41. The van der Waals surface area contributed by atoms with E-state index in [0.717, 1.165) is 16.8 Å². The molecule has 2 aromatic heterocycles. The number of aliphatic hydroxyl groups excluding tert-OH is 1. The first-order chi connectivity index (χ1) is 7.86. The second-order valence-corrected chi connectivity index (χ2v) is 5.55. The fraction of sp³-hybridized carbons (Fsp3) is 0.500. The highest BCUT2D eigenvalue weighted by Crippen LogP contribution is 2.32. The van der Waals surface area contributed by atoms with Gasteiger partial charge >= 0.3 is 0 Å². The van der Waals surface area contributed by atoms with Gasteiger partial charge in [-0.05, 0) is 0 Å². The molecule has 2 aromatic rings. The van der Waals surface area contributed by atoms with Crippen LogP contribution in [0.15, 0.2) is 6.20 Å². The van der Waals surface area contributed by atoms with Gasteiger partial charge in [0, 0.05) is 23.7 Å². The third kappa shape index (κ3) is 1.91. The highest BCUT2D eigenvalue weighted by Gasteiger charge is 2.26. The van der Waals surface area contributed by atoms with E-state index < -0.39 is 0 Å². The molecule has 0 aliphatic heterocycles. The summed E-state index contributed by atoms with van der Waals surface area (Å²) in [6, 6.07) is 0. The molecule has 0 amide bonds. The Morgan fingerprint density at radius 1 is 1.41 bits per heavy atom. The Labute approximate surface area is 105 Å². The molecule has 0 radical (unpaired) electrons. The molecule has 2 heterocycles. The molecule has 2 rings (SSSR count). The van der Waals surface area contributed by atoms with E-state index >= 15 is 0 Å². The standard InChI is InChI=1S/C12H16ClN3O/c1-12(2,3)10-7(6-17)9-11(16(10)4)15-8(13)5-14-9/h5,17H,6H2,1-4H3. The Kier molecular flexibility index (Phi) is 2.87. The topological polar surface area (TPSA) is 50.9 Å². The van der Waals surface area contributed by atoms with Gasteiger partial charge in [0.05, 0.1) is 12.8 Å². The van der Waals surface area contributed by atoms with E-state index in [1.54, 1.807) is 0 Å². The molecule has 5 heteroatoms. The molecule has 92 valence electrons. The van der Waals surface area contributed by atoms with Crippen LogP contribution in [0.3, 0.4) is 0 Å². The summed E-state index contributed by atoms with van der Waals surface area (Å²) < 4.78 is 1.96. The van der Waals surface area contributed by atoms with Crippen LogP contribution in [0.5, 0.6) is 0 Å². The monoisotopic (exact) mass is 253 g/mol. The lowest BCUT2D eigenvalue weighted by atomic mass is 9.89. The summed E-state index contributed by atoms with van der Waals surface area (Å²) in [7, 11) is 1.92. The van der Waals surface area contributed by atoms with Crippen LogP contribution in [0.1, 0.15) is 32.0 Å². The number of hydrogen-bond acceptors (Lipinski definition) is 3. The molecule has 0 aromatic carbocycles. The Morgan fingerprint density at radius 2 is 2.06 bits per heavy atom. The molecule has 0 spiro atoms. The average molecular weight is 254 g/mol. The molecule has 0 unspecified atom stereocenters. The summed E-state index contributed by atoms with van der Waals surface area (Å²) in [5, 5.41) is 9.91. The second kappa shape index (κ2) is 3.96. The van der Waals surface area contributed by atoms with Crippen molar-refractivity contribution in [2.24, 2.45) is 7.05 Å². The second-order valence-electron chi connectivity index (χ2n) is 5.16. The van der Waals surface area contributed by atoms with Crippen molar-refractivity contribution < 1.29 is 5.11 Å². The lowest BCUT2D eigenvalue weighted by molar-refractivity contribution is 0.279. The van der Waals surface area contributed by atoms with Crippen LogP contribution in [0.4, 0.5) is 0 Å². The number of hydrogen-bond donors (Lipinski definition) is 1. The first-order valence-corrected chi connectivity index (χ1v) is 5.85. The van der Waals surface area contributed by atoms with Gasteiger partial charge in [-0.25, -0.2) is 9.97 Å². The van der Waals surface area contributed by atoms with Crippen molar-refractivity contribution in [3.05, 3.63) is 22.6 Å². The van der Waals surface area contributed by atoms with E-state index in [2.05, 4.69) is 30.7 Å². The number of halogens is 1. The molecule has 0 bridgehead atoms. The third-order valence-electron chi connectivity index (χ3n) is 2.82. The average Bonchev–Trinajstić information content (AvgIpc) is 2.51. The van der Waals surface area contributed by atoms with E-state index in [9.17, 15) is 5.11 Å². The molecule has 1 N–H and O–H groups in total. The third-order valence-corrected chi connectivity index (χ3v) is 3.00. The van der Waals surface area contributed by atoms with E-state index in [-0.39, 0.29) is 12.0 Å². The first kappa shape index (κ1) is 12.3. The minimum Gasteiger partial charge on any atom is -0.392 e. The van der Waals surface area contributed by atoms with Gasteiger partial charge in [-0.3, -0.25) is 0 Å². The van der Waals surface area contributed by atoms with Gasteiger partial charge in [0.2, 0.25) is 0 Å². The quantitative estimate of drug-likeness (QED) is 0.849. The van der Waals surface area contributed by atoms with Crippen molar-refractivity contribution in [2.75, 3.05) is 0 Å². The van der Waals surface area contributed by atoms with Gasteiger partial charge < -0.3 is 9.67 Å². The normalized spacial score (nSPS) is 12.4. The van der Waals surface area contributed by atoms with Crippen molar-refractivity contribution in [3.63, 3.8) is 0 Å². The summed E-state index contributed by atoms with van der Waals surface area (Å²) in [5.74, 6) is 0. The van der Waals surface area contributed by atoms with Gasteiger partial charge in [-0.1, -0.05) is 32.4 Å². The van der Waals surface area contributed by atoms with Crippen molar-refractivity contribution in [2.45, 2.75) is 32.8 Å². The Balaban J connectivity index is 2.88. The number of aliphatic hydroxyl groups is 1. The van der Waals surface area contributed by atoms with Crippen LogP contribution in [0, 0.1) is 0 Å². The molecule has 0 aliphatic rings. The van der Waals surface area contributed by atoms with Gasteiger partial charge in [0.25, 0.3) is 0 Å². The Morgan fingerprint density at radius 3 is 2.59 bits per heavy atom. The molecule has 0 atom stereocenters. The molecule has 0 saturated heterocycles. The maximum Gasteiger partial charge on any atom is 0.160 e. The van der Waals surface area contributed by atoms with Crippen LogP contribution < -0.4 is 0 Å². The minimum absolute atomic E-state index is 0.0414. The SMILES string of the molecule is Cn1c(C(C)(C)C)c(CO)c2ncc(Cl)nc21. The number of aromatic nitrogens is 3. The van der Waals surface area contributed by atoms with Crippen LogP contribution in [-0.2, 0) is 19.1 Å². The van der Waals surface area contributed by atoms with E-state index in [1.165, 1.54) is 6.20 Å². The fourth-order valence-electron chi connectivity index (χ4n) is 2.33. The summed E-state index contributed by atoms with van der Waals surface area (Å²) in [6.45, 7) is 6.26. The van der Waals surface area contributed by atoms with Crippen molar-refractivity contribution >= 4 is 22.8 Å². The summed E-state index contributed by atoms with van der Waals surface area (Å²) in [5.41, 5.74) is 3.23. The van der Waals surface area contributed by atoms with Crippen molar-refractivity contribution in [1.82, 2.24) is 14.5 Å². The van der Waals surface area contributed by atoms with E-state index in [1.807, 2.05) is 11.6 Å². The summed E-state index contributed by atoms with van der Waals surface area (Å²) >= 11 is 5.86. The molecule has 0 fully saturated rings. The van der Waals surface area contributed by atoms with Crippen molar-refractivity contribution in [3.8, 4) is 0 Å².